The SMILES string of the molecule is c1ccc(CNc2ccccc2P(c2ccccc2)c2ccccc2)cc1. The zero-order valence-corrected chi connectivity index (χ0v) is 16.0. The van der Waals surface area contributed by atoms with Crippen LogP contribution < -0.4 is 21.2 Å². The van der Waals surface area contributed by atoms with E-state index in [0.717, 1.165) is 6.54 Å². The molecule has 4 aromatic rings. The Labute approximate surface area is 162 Å². The van der Waals surface area contributed by atoms with Crippen molar-refractivity contribution < 1.29 is 0 Å². The number of anilines is 1. The van der Waals surface area contributed by atoms with Gasteiger partial charge in [-0.25, -0.2) is 0 Å². The minimum Gasteiger partial charge on any atom is -0.380 e. The molecule has 0 aliphatic carbocycles. The van der Waals surface area contributed by atoms with Gasteiger partial charge in [-0.2, -0.15) is 0 Å². The Bertz CT molecular complexity index is 929. The summed E-state index contributed by atoms with van der Waals surface area (Å²) >= 11 is 0. The second-order valence-electron chi connectivity index (χ2n) is 6.36. The molecule has 1 nitrogen and oxygen atoms in total. The molecule has 0 aromatic heterocycles. The number of nitrogens with one attached hydrogen (secondary N) is 1. The molecule has 0 fully saturated rings. The molecule has 0 bridgehead atoms. The van der Waals surface area contributed by atoms with Crippen LogP contribution in [0.5, 0.6) is 0 Å². The van der Waals surface area contributed by atoms with Gasteiger partial charge in [-0.1, -0.05) is 109 Å². The van der Waals surface area contributed by atoms with Crippen LogP contribution in [0.25, 0.3) is 0 Å². The molecular weight excluding hydrogens is 345 g/mol. The summed E-state index contributed by atoms with van der Waals surface area (Å²) in [6, 6.07) is 40.9. The predicted octanol–water partition coefficient (Wildman–Crippen LogP) is 5.06. The fourth-order valence-electron chi connectivity index (χ4n) is 3.19. The summed E-state index contributed by atoms with van der Waals surface area (Å²) in [5, 5.41) is 7.76. The van der Waals surface area contributed by atoms with E-state index in [0.29, 0.717) is 0 Å². The van der Waals surface area contributed by atoms with Crippen molar-refractivity contribution in [1.29, 1.82) is 0 Å². The van der Waals surface area contributed by atoms with Gasteiger partial charge in [-0.15, -0.1) is 0 Å². The molecule has 0 atom stereocenters. The van der Waals surface area contributed by atoms with E-state index in [2.05, 4.69) is 121 Å². The fourth-order valence-corrected chi connectivity index (χ4v) is 5.62. The molecule has 0 unspecified atom stereocenters. The molecule has 4 aromatic carbocycles. The third kappa shape index (κ3) is 4.27. The molecule has 0 heterocycles. The van der Waals surface area contributed by atoms with Gasteiger partial charge in [-0.3, -0.25) is 0 Å². The minimum atomic E-state index is -0.610. The van der Waals surface area contributed by atoms with Gasteiger partial charge in [0.15, 0.2) is 0 Å². The highest BCUT2D eigenvalue weighted by atomic mass is 31.1. The summed E-state index contributed by atoms with van der Waals surface area (Å²) in [5.74, 6) is 0. The van der Waals surface area contributed by atoms with Crippen LogP contribution in [0, 0.1) is 0 Å². The highest BCUT2D eigenvalue weighted by Crippen LogP contribution is 2.35. The summed E-state index contributed by atoms with van der Waals surface area (Å²) in [7, 11) is -0.610. The van der Waals surface area contributed by atoms with Crippen LogP contribution in [0.4, 0.5) is 5.69 Å². The van der Waals surface area contributed by atoms with Gasteiger partial charge in [0.2, 0.25) is 0 Å². The van der Waals surface area contributed by atoms with Crippen LogP contribution >= 0.6 is 7.92 Å². The Morgan fingerprint density at radius 1 is 0.519 bits per heavy atom. The molecule has 0 spiro atoms. The number of hydrogen-bond donors (Lipinski definition) is 1. The summed E-state index contributed by atoms with van der Waals surface area (Å²) in [6.07, 6.45) is 0. The largest absolute Gasteiger partial charge is 0.380 e. The molecule has 0 aliphatic rings. The van der Waals surface area contributed by atoms with Gasteiger partial charge in [0, 0.05) is 17.5 Å². The van der Waals surface area contributed by atoms with Crippen LogP contribution in [0.1, 0.15) is 5.56 Å². The standard InChI is InChI=1S/C25H22NP/c1-4-12-21(13-5-1)20-26-24-18-10-11-19-25(24)27(22-14-6-2-7-15-22)23-16-8-3-9-17-23/h1-19,26H,20H2. The van der Waals surface area contributed by atoms with Crippen LogP contribution in [-0.2, 0) is 6.54 Å². The van der Waals surface area contributed by atoms with Gasteiger partial charge >= 0.3 is 0 Å². The fraction of sp³-hybridized carbons (Fsp3) is 0.0400. The second-order valence-corrected chi connectivity index (χ2v) is 8.55. The quantitative estimate of drug-likeness (QED) is 0.470. The van der Waals surface area contributed by atoms with Crippen LogP contribution in [0.3, 0.4) is 0 Å². The van der Waals surface area contributed by atoms with Gasteiger partial charge < -0.3 is 5.32 Å². The summed E-state index contributed by atoms with van der Waals surface area (Å²) in [4.78, 5) is 0. The van der Waals surface area contributed by atoms with Crippen molar-refractivity contribution in [3.8, 4) is 0 Å². The molecule has 27 heavy (non-hydrogen) atoms. The Morgan fingerprint density at radius 3 is 1.59 bits per heavy atom. The van der Waals surface area contributed by atoms with Crippen molar-refractivity contribution >= 4 is 29.5 Å². The third-order valence-corrected chi connectivity index (χ3v) is 7.00. The van der Waals surface area contributed by atoms with E-state index in [1.165, 1.54) is 27.2 Å². The lowest BCUT2D eigenvalue weighted by atomic mass is 10.2. The molecule has 0 aliphatic heterocycles. The van der Waals surface area contributed by atoms with E-state index in [-0.39, 0.29) is 0 Å². The minimum absolute atomic E-state index is 0.610. The highest BCUT2D eigenvalue weighted by Gasteiger charge is 2.18. The van der Waals surface area contributed by atoms with Crippen LogP contribution in [0.2, 0.25) is 0 Å². The maximum absolute atomic E-state index is 3.67. The Morgan fingerprint density at radius 2 is 1.00 bits per heavy atom. The van der Waals surface area contributed by atoms with E-state index in [1.54, 1.807) is 0 Å². The molecule has 2 heteroatoms. The third-order valence-electron chi connectivity index (χ3n) is 4.50. The van der Waals surface area contributed by atoms with Crippen molar-refractivity contribution in [3.63, 3.8) is 0 Å². The van der Waals surface area contributed by atoms with Crippen molar-refractivity contribution in [2.45, 2.75) is 6.54 Å². The normalized spacial score (nSPS) is 10.7. The molecule has 4 rings (SSSR count). The van der Waals surface area contributed by atoms with Crippen LogP contribution in [-0.4, -0.2) is 0 Å². The van der Waals surface area contributed by atoms with Crippen LogP contribution in [0.15, 0.2) is 115 Å². The average Bonchev–Trinajstić information content (AvgIpc) is 2.76. The lowest BCUT2D eigenvalue weighted by Gasteiger charge is -2.22. The Balaban J connectivity index is 1.72. The summed E-state index contributed by atoms with van der Waals surface area (Å²) in [6.45, 7) is 0.824. The first-order valence-corrected chi connectivity index (χ1v) is 10.5. The predicted molar refractivity (Wildman–Crippen MR) is 119 cm³/mol. The van der Waals surface area contributed by atoms with Gasteiger partial charge in [0.1, 0.15) is 0 Å². The van der Waals surface area contributed by atoms with Crippen molar-refractivity contribution in [2.24, 2.45) is 0 Å². The van der Waals surface area contributed by atoms with Gasteiger partial charge in [-0.05, 0) is 30.2 Å². The molecular formula is C25H22NP. The van der Waals surface area contributed by atoms with E-state index in [9.17, 15) is 0 Å². The second kappa shape index (κ2) is 8.66. The van der Waals surface area contributed by atoms with E-state index in [4.69, 9.17) is 0 Å². The first-order valence-electron chi connectivity index (χ1n) is 9.19. The molecule has 1 N–H and O–H groups in total. The first kappa shape index (κ1) is 17.5. The maximum Gasteiger partial charge on any atom is 0.0427 e. The van der Waals surface area contributed by atoms with E-state index in [1.807, 2.05) is 0 Å². The molecule has 0 saturated carbocycles. The topological polar surface area (TPSA) is 12.0 Å². The zero-order chi connectivity index (χ0) is 18.3. The summed E-state index contributed by atoms with van der Waals surface area (Å²) in [5.41, 5.74) is 2.50. The number of benzene rings is 4. The smallest absolute Gasteiger partial charge is 0.0427 e. The lowest BCUT2D eigenvalue weighted by Crippen LogP contribution is -2.23. The van der Waals surface area contributed by atoms with Crippen molar-refractivity contribution in [3.05, 3.63) is 121 Å². The zero-order valence-electron chi connectivity index (χ0n) is 15.1. The Kier molecular flexibility index (Phi) is 5.62. The van der Waals surface area contributed by atoms with E-state index >= 15 is 0 Å². The molecule has 132 valence electrons. The molecule has 0 radical (unpaired) electrons. The monoisotopic (exact) mass is 367 g/mol. The van der Waals surface area contributed by atoms with Crippen molar-refractivity contribution in [1.82, 2.24) is 0 Å². The number of para-hydroxylation sites is 1. The highest BCUT2D eigenvalue weighted by molar-refractivity contribution is 7.80. The number of rotatable bonds is 6. The molecule has 0 saturated heterocycles. The molecule has 0 amide bonds. The van der Waals surface area contributed by atoms with Gasteiger partial charge in [0.25, 0.3) is 0 Å². The van der Waals surface area contributed by atoms with E-state index < -0.39 is 7.92 Å². The average molecular weight is 367 g/mol. The number of hydrogen-bond acceptors (Lipinski definition) is 1. The van der Waals surface area contributed by atoms with Gasteiger partial charge in [0.05, 0.1) is 0 Å². The van der Waals surface area contributed by atoms with Crippen molar-refractivity contribution in [2.75, 3.05) is 5.32 Å². The Hall–Kier alpha value is -2.89. The first-order chi connectivity index (χ1) is 13.4. The lowest BCUT2D eigenvalue weighted by molar-refractivity contribution is 1.15. The maximum atomic E-state index is 3.67. The summed E-state index contributed by atoms with van der Waals surface area (Å²) < 4.78 is 0.